The van der Waals surface area contributed by atoms with Gasteiger partial charge < -0.3 is 15.4 Å². The number of hydrogen-bond donors (Lipinski definition) is 2. The molecule has 2 unspecified atom stereocenters. The summed E-state index contributed by atoms with van der Waals surface area (Å²) in [5, 5.41) is 6.28. The summed E-state index contributed by atoms with van der Waals surface area (Å²) in [5.74, 6) is -0.00670. The zero-order chi connectivity index (χ0) is 14.0. The second-order valence-electron chi connectivity index (χ2n) is 5.17. The molecule has 0 aliphatic carbocycles. The van der Waals surface area contributed by atoms with Crippen molar-refractivity contribution in [2.45, 2.75) is 72.1 Å². The van der Waals surface area contributed by atoms with Crippen molar-refractivity contribution in [3.05, 3.63) is 0 Å². The molecule has 108 valence electrons. The maximum atomic E-state index is 11.7. The van der Waals surface area contributed by atoms with E-state index in [4.69, 9.17) is 4.74 Å². The van der Waals surface area contributed by atoms with Gasteiger partial charge >= 0.3 is 0 Å². The monoisotopic (exact) mass is 258 g/mol. The van der Waals surface area contributed by atoms with E-state index in [1.54, 1.807) is 0 Å². The molecule has 1 amide bonds. The molecule has 0 aromatic heterocycles. The van der Waals surface area contributed by atoms with E-state index in [1.807, 2.05) is 13.8 Å². The molecule has 0 radical (unpaired) electrons. The topological polar surface area (TPSA) is 50.4 Å². The molecule has 0 aromatic carbocycles. The summed E-state index contributed by atoms with van der Waals surface area (Å²) in [6, 6.07) is 0.733. The second kappa shape index (κ2) is 10.3. The highest BCUT2D eigenvalue weighted by Gasteiger charge is 2.14. The van der Waals surface area contributed by atoms with Crippen LogP contribution in [0.5, 0.6) is 0 Å². The largest absolute Gasteiger partial charge is 0.369 e. The van der Waals surface area contributed by atoms with Crippen LogP contribution >= 0.6 is 0 Å². The van der Waals surface area contributed by atoms with Gasteiger partial charge in [-0.1, -0.05) is 27.2 Å². The molecule has 2 N–H and O–H groups in total. The van der Waals surface area contributed by atoms with Gasteiger partial charge in [0.2, 0.25) is 5.91 Å². The van der Waals surface area contributed by atoms with Gasteiger partial charge in [0.15, 0.2) is 0 Å². The van der Waals surface area contributed by atoms with Crippen molar-refractivity contribution in [2.75, 3.05) is 13.2 Å². The first kappa shape index (κ1) is 17.4. The molecule has 0 saturated carbocycles. The SMILES string of the molecule is CCCC(C)NC(=O)C(C)OCCCNC(C)C. The van der Waals surface area contributed by atoms with Gasteiger partial charge in [0.05, 0.1) is 0 Å². The van der Waals surface area contributed by atoms with Crippen LogP contribution in [0.15, 0.2) is 0 Å². The molecule has 0 aliphatic heterocycles. The lowest BCUT2D eigenvalue weighted by Crippen LogP contribution is -2.40. The van der Waals surface area contributed by atoms with Crippen LogP contribution in [-0.4, -0.2) is 37.2 Å². The zero-order valence-electron chi connectivity index (χ0n) is 12.6. The Kier molecular flexibility index (Phi) is 9.98. The van der Waals surface area contributed by atoms with Crippen molar-refractivity contribution in [3.8, 4) is 0 Å². The number of rotatable bonds is 10. The third-order valence-electron chi connectivity index (χ3n) is 2.72. The van der Waals surface area contributed by atoms with E-state index in [1.165, 1.54) is 0 Å². The Hall–Kier alpha value is -0.610. The first-order valence-electron chi connectivity index (χ1n) is 7.12. The van der Waals surface area contributed by atoms with Crippen LogP contribution in [0.1, 0.15) is 53.9 Å². The Labute approximate surface area is 112 Å². The lowest BCUT2D eigenvalue weighted by atomic mass is 10.2. The highest BCUT2D eigenvalue weighted by molar-refractivity contribution is 5.80. The molecule has 18 heavy (non-hydrogen) atoms. The quantitative estimate of drug-likeness (QED) is 0.590. The van der Waals surface area contributed by atoms with E-state index in [0.29, 0.717) is 12.6 Å². The van der Waals surface area contributed by atoms with Crippen molar-refractivity contribution in [3.63, 3.8) is 0 Å². The van der Waals surface area contributed by atoms with E-state index in [2.05, 4.69) is 31.4 Å². The fraction of sp³-hybridized carbons (Fsp3) is 0.929. The van der Waals surface area contributed by atoms with Crippen molar-refractivity contribution < 1.29 is 9.53 Å². The number of carbonyl (C=O) groups excluding carboxylic acids is 1. The van der Waals surface area contributed by atoms with Crippen LogP contribution in [0.25, 0.3) is 0 Å². The van der Waals surface area contributed by atoms with E-state index in [9.17, 15) is 4.79 Å². The number of amides is 1. The first-order chi connectivity index (χ1) is 8.47. The zero-order valence-corrected chi connectivity index (χ0v) is 12.6. The van der Waals surface area contributed by atoms with Gasteiger partial charge in [-0.2, -0.15) is 0 Å². The van der Waals surface area contributed by atoms with Gasteiger partial charge in [-0.3, -0.25) is 4.79 Å². The third kappa shape index (κ3) is 9.42. The maximum Gasteiger partial charge on any atom is 0.249 e. The summed E-state index contributed by atoms with van der Waals surface area (Å²) >= 11 is 0. The molecule has 2 atom stereocenters. The molecule has 0 aromatic rings. The van der Waals surface area contributed by atoms with Crippen molar-refractivity contribution >= 4 is 5.91 Å². The highest BCUT2D eigenvalue weighted by atomic mass is 16.5. The Bertz CT molecular complexity index is 220. The maximum absolute atomic E-state index is 11.7. The second-order valence-corrected chi connectivity index (χ2v) is 5.17. The predicted molar refractivity (Wildman–Crippen MR) is 75.7 cm³/mol. The van der Waals surface area contributed by atoms with Crippen LogP contribution in [0.2, 0.25) is 0 Å². The highest BCUT2D eigenvalue weighted by Crippen LogP contribution is 1.98. The summed E-state index contributed by atoms with van der Waals surface area (Å²) in [5.41, 5.74) is 0. The van der Waals surface area contributed by atoms with Crippen LogP contribution < -0.4 is 10.6 Å². The smallest absolute Gasteiger partial charge is 0.249 e. The standard InChI is InChI=1S/C14H30N2O2/c1-6-8-12(4)16-14(17)13(5)18-10-7-9-15-11(2)3/h11-13,15H,6-10H2,1-5H3,(H,16,17). The lowest BCUT2D eigenvalue weighted by molar-refractivity contribution is -0.132. The van der Waals surface area contributed by atoms with Crippen LogP contribution in [0.3, 0.4) is 0 Å². The summed E-state index contributed by atoms with van der Waals surface area (Å²) in [6.07, 6.45) is 2.66. The number of carbonyl (C=O) groups is 1. The number of nitrogens with one attached hydrogen (secondary N) is 2. The van der Waals surface area contributed by atoms with Crippen LogP contribution in [0.4, 0.5) is 0 Å². The molecule has 0 fully saturated rings. The minimum atomic E-state index is -0.358. The van der Waals surface area contributed by atoms with Crippen molar-refractivity contribution in [2.24, 2.45) is 0 Å². The Morgan fingerprint density at radius 1 is 1.22 bits per heavy atom. The van der Waals surface area contributed by atoms with E-state index in [-0.39, 0.29) is 18.1 Å². The van der Waals surface area contributed by atoms with Gasteiger partial charge in [0.25, 0.3) is 0 Å². The molecule has 0 heterocycles. The normalized spacial score (nSPS) is 14.6. The summed E-state index contributed by atoms with van der Waals surface area (Å²) < 4.78 is 5.51. The van der Waals surface area contributed by atoms with Crippen molar-refractivity contribution in [1.29, 1.82) is 0 Å². The van der Waals surface area contributed by atoms with Gasteiger partial charge in [0.1, 0.15) is 6.10 Å². The minimum absolute atomic E-state index is 0.00670. The van der Waals surface area contributed by atoms with E-state index in [0.717, 1.165) is 25.8 Å². The average molecular weight is 258 g/mol. The number of ether oxygens (including phenoxy) is 1. The van der Waals surface area contributed by atoms with Crippen LogP contribution in [-0.2, 0) is 9.53 Å². The molecular formula is C14H30N2O2. The van der Waals surface area contributed by atoms with Gasteiger partial charge in [-0.05, 0) is 33.2 Å². The molecule has 0 aliphatic rings. The fourth-order valence-corrected chi connectivity index (χ4v) is 1.66. The first-order valence-corrected chi connectivity index (χ1v) is 7.12. The number of hydrogen-bond acceptors (Lipinski definition) is 3. The van der Waals surface area contributed by atoms with E-state index < -0.39 is 0 Å². The molecule has 4 nitrogen and oxygen atoms in total. The third-order valence-corrected chi connectivity index (χ3v) is 2.72. The molecule has 4 heteroatoms. The minimum Gasteiger partial charge on any atom is -0.369 e. The molecular weight excluding hydrogens is 228 g/mol. The van der Waals surface area contributed by atoms with Crippen LogP contribution in [0, 0.1) is 0 Å². The summed E-state index contributed by atoms with van der Waals surface area (Å²) in [6.45, 7) is 11.7. The molecule has 0 spiro atoms. The van der Waals surface area contributed by atoms with Gasteiger partial charge in [0, 0.05) is 18.7 Å². The molecule has 0 rings (SSSR count). The predicted octanol–water partition coefficient (Wildman–Crippen LogP) is 2.08. The van der Waals surface area contributed by atoms with E-state index >= 15 is 0 Å². The van der Waals surface area contributed by atoms with Gasteiger partial charge in [-0.15, -0.1) is 0 Å². The Balaban J connectivity index is 3.61. The fourth-order valence-electron chi connectivity index (χ4n) is 1.66. The lowest BCUT2D eigenvalue weighted by Gasteiger charge is -2.17. The average Bonchev–Trinajstić information content (AvgIpc) is 2.28. The molecule has 0 saturated heterocycles. The van der Waals surface area contributed by atoms with Gasteiger partial charge in [-0.25, -0.2) is 0 Å². The summed E-state index contributed by atoms with van der Waals surface area (Å²) in [7, 11) is 0. The summed E-state index contributed by atoms with van der Waals surface area (Å²) in [4.78, 5) is 11.7. The molecule has 0 bridgehead atoms. The Morgan fingerprint density at radius 3 is 2.44 bits per heavy atom. The Morgan fingerprint density at radius 2 is 1.89 bits per heavy atom. The van der Waals surface area contributed by atoms with Crippen molar-refractivity contribution in [1.82, 2.24) is 10.6 Å².